The highest BCUT2D eigenvalue weighted by atomic mass is 19.4. The maximum Gasteiger partial charge on any atom is 0.416 e. The second kappa shape index (κ2) is 7.06. The number of nitrogens with zero attached hydrogens (tertiary/aromatic N) is 2. The minimum atomic E-state index is -4.48. The summed E-state index contributed by atoms with van der Waals surface area (Å²) >= 11 is 0. The SMILES string of the molecule is NC(=O)c1cc(NCc2nc(-c3cccc(C(F)(F)F)c3)no2)ccc1F. The van der Waals surface area contributed by atoms with E-state index in [9.17, 15) is 22.4 Å². The molecule has 0 saturated heterocycles. The van der Waals surface area contributed by atoms with Gasteiger partial charge in [0.25, 0.3) is 5.91 Å². The van der Waals surface area contributed by atoms with Gasteiger partial charge in [0, 0.05) is 11.3 Å². The zero-order chi connectivity index (χ0) is 19.6. The Labute approximate surface area is 150 Å². The molecule has 6 nitrogen and oxygen atoms in total. The highest BCUT2D eigenvalue weighted by Crippen LogP contribution is 2.31. The zero-order valence-corrected chi connectivity index (χ0v) is 13.5. The molecule has 0 bridgehead atoms. The zero-order valence-electron chi connectivity index (χ0n) is 13.5. The molecule has 1 aromatic heterocycles. The van der Waals surface area contributed by atoms with Crippen molar-refractivity contribution in [2.75, 3.05) is 5.32 Å². The number of aromatic nitrogens is 2. The lowest BCUT2D eigenvalue weighted by atomic mass is 10.1. The Bertz CT molecular complexity index is 985. The number of benzene rings is 2. The fraction of sp³-hybridized carbons (Fsp3) is 0.118. The van der Waals surface area contributed by atoms with Gasteiger partial charge >= 0.3 is 6.18 Å². The molecule has 1 heterocycles. The first kappa shape index (κ1) is 18.4. The predicted molar refractivity (Wildman–Crippen MR) is 87.0 cm³/mol. The number of hydrogen-bond donors (Lipinski definition) is 2. The van der Waals surface area contributed by atoms with E-state index < -0.39 is 23.5 Å². The highest BCUT2D eigenvalue weighted by Gasteiger charge is 2.30. The van der Waals surface area contributed by atoms with Crippen molar-refractivity contribution in [1.82, 2.24) is 10.1 Å². The molecule has 27 heavy (non-hydrogen) atoms. The monoisotopic (exact) mass is 380 g/mol. The average molecular weight is 380 g/mol. The van der Waals surface area contributed by atoms with Gasteiger partial charge in [-0.25, -0.2) is 4.39 Å². The third-order valence-electron chi connectivity index (χ3n) is 3.59. The van der Waals surface area contributed by atoms with Crippen LogP contribution in [-0.2, 0) is 12.7 Å². The van der Waals surface area contributed by atoms with Crippen LogP contribution in [0.4, 0.5) is 23.2 Å². The third kappa shape index (κ3) is 4.22. The molecule has 10 heteroatoms. The third-order valence-corrected chi connectivity index (χ3v) is 3.59. The van der Waals surface area contributed by atoms with Crippen LogP contribution in [0.1, 0.15) is 21.8 Å². The number of hydrogen-bond acceptors (Lipinski definition) is 5. The number of anilines is 1. The standard InChI is InChI=1S/C17H12F4N4O2/c18-13-5-4-11(7-12(13)15(22)26)23-8-14-24-16(25-27-14)9-2-1-3-10(6-9)17(19,20)21/h1-7,23H,8H2,(H2,22,26). The lowest BCUT2D eigenvalue weighted by Crippen LogP contribution is -2.13. The number of primary amides is 1. The Morgan fingerprint density at radius 2 is 1.96 bits per heavy atom. The van der Waals surface area contributed by atoms with E-state index >= 15 is 0 Å². The van der Waals surface area contributed by atoms with Crippen LogP contribution in [-0.4, -0.2) is 16.0 Å². The summed E-state index contributed by atoms with van der Waals surface area (Å²) in [6.45, 7) is 0.00972. The number of nitrogens with two attached hydrogens (primary N) is 1. The minimum absolute atomic E-state index is 0.00479. The molecule has 3 N–H and O–H groups in total. The Balaban J connectivity index is 1.74. The fourth-order valence-corrected chi connectivity index (χ4v) is 2.28. The summed E-state index contributed by atoms with van der Waals surface area (Å²) in [6.07, 6.45) is -4.48. The average Bonchev–Trinajstić information content (AvgIpc) is 3.09. The molecular weight excluding hydrogens is 368 g/mol. The normalized spacial score (nSPS) is 11.4. The molecule has 0 radical (unpaired) electrons. The van der Waals surface area contributed by atoms with Gasteiger partial charge in [-0.05, 0) is 30.3 Å². The molecule has 0 fully saturated rings. The molecule has 2 aromatic carbocycles. The van der Waals surface area contributed by atoms with Crippen LogP contribution in [0.15, 0.2) is 47.0 Å². The highest BCUT2D eigenvalue weighted by molar-refractivity contribution is 5.94. The van der Waals surface area contributed by atoms with Gasteiger partial charge in [-0.2, -0.15) is 18.2 Å². The van der Waals surface area contributed by atoms with E-state index in [0.29, 0.717) is 5.69 Å². The number of nitrogens with one attached hydrogen (secondary N) is 1. The Hall–Kier alpha value is -3.43. The van der Waals surface area contributed by atoms with Gasteiger partial charge in [0.15, 0.2) is 0 Å². The van der Waals surface area contributed by atoms with Gasteiger partial charge in [-0.3, -0.25) is 4.79 Å². The molecule has 0 spiro atoms. The molecule has 0 saturated carbocycles. The lowest BCUT2D eigenvalue weighted by molar-refractivity contribution is -0.137. The number of alkyl halides is 3. The topological polar surface area (TPSA) is 94.0 Å². The molecule has 1 amide bonds. The number of rotatable bonds is 5. The van der Waals surface area contributed by atoms with E-state index in [1.54, 1.807) is 0 Å². The maximum absolute atomic E-state index is 13.4. The van der Waals surface area contributed by atoms with Gasteiger partial charge in [0.1, 0.15) is 5.82 Å². The number of amides is 1. The van der Waals surface area contributed by atoms with Crippen molar-refractivity contribution in [3.8, 4) is 11.4 Å². The summed E-state index contributed by atoms with van der Waals surface area (Å²) in [5.74, 6) is -1.58. The van der Waals surface area contributed by atoms with Crippen LogP contribution < -0.4 is 11.1 Å². The molecule has 0 aliphatic carbocycles. The van der Waals surface area contributed by atoms with Gasteiger partial charge in [-0.1, -0.05) is 17.3 Å². The largest absolute Gasteiger partial charge is 0.416 e. The summed E-state index contributed by atoms with van der Waals surface area (Å²) < 4.78 is 56.8. The number of carbonyl (C=O) groups excluding carboxylic acids is 1. The Morgan fingerprint density at radius 1 is 1.19 bits per heavy atom. The van der Waals surface area contributed by atoms with E-state index in [1.165, 1.54) is 24.3 Å². The van der Waals surface area contributed by atoms with E-state index in [-0.39, 0.29) is 29.4 Å². The van der Waals surface area contributed by atoms with Crippen LogP contribution in [0.3, 0.4) is 0 Å². The molecule has 0 unspecified atom stereocenters. The summed E-state index contributed by atoms with van der Waals surface area (Å²) in [5.41, 5.74) is 4.50. The molecule has 3 rings (SSSR count). The molecular formula is C17H12F4N4O2. The van der Waals surface area contributed by atoms with Crippen molar-refractivity contribution in [3.05, 3.63) is 65.3 Å². The van der Waals surface area contributed by atoms with Gasteiger partial charge in [0.2, 0.25) is 11.7 Å². The second-order valence-electron chi connectivity index (χ2n) is 5.50. The van der Waals surface area contributed by atoms with E-state index in [4.69, 9.17) is 10.3 Å². The van der Waals surface area contributed by atoms with Crippen molar-refractivity contribution < 1.29 is 26.9 Å². The summed E-state index contributed by atoms with van der Waals surface area (Å²) in [5, 5.41) is 6.49. The number of carbonyl (C=O) groups is 1. The van der Waals surface area contributed by atoms with Crippen molar-refractivity contribution in [2.24, 2.45) is 5.73 Å². The van der Waals surface area contributed by atoms with Crippen LogP contribution in [0.5, 0.6) is 0 Å². The van der Waals surface area contributed by atoms with Crippen molar-refractivity contribution in [3.63, 3.8) is 0 Å². The maximum atomic E-state index is 13.4. The summed E-state index contributed by atoms with van der Waals surface area (Å²) in [6, 6.07) is 8.21. The quantitative estimate of drug-likeness (QED) is 0.660. The van der Waals surface area contributed by atoms with Crippen LogP contribution >= 0.6 is 0 Å². The fourth-order valence-electron chi connectivity index (χ4n) is 2.28. The molecule has 3 aromatic rings. The lowest BCUT2D eigenvalue weighted by Gasteiger charge is -2.06. The van der Waals surface area contributed by atoms with E-state index in [0.717, 1.165) is 18.2 Å². The van der Waals surface area contributed by atoms with E-state index in [1.807, 2.05) is 0 Å². The van der Waals surface area contributed by atoms with Crippen LogP contribution in [0, 0.1) is 5.82 Å². The van der Waals surface area contributed by atoms with Crippen molar-refractivity contribution in [2.45, 2.75) is 12.7 Å². The van der Waals surface area contributed by atoms with E-state index in [2.05, 4.69) is 15.5 Å². The molecule has 0 atom stereocenters. The minimum Gasteiger partial charge on any atom is -0.376 e. The number of halogens is 4. The first-order valence-corrected chi connectivity index (χ1v) is 7.57. The molecule has 140 valence electrons. The van der Waals surface area contributed by atoms with Crippen molar-refractivity contribution in [1.29, 1.82) is 0 Å². The molecule has 0 aliphatic heterocycles. The van der Waals surface area contributed by atoms with Crippen LogP contribution in [0.2, 0.25) is 0 Å². The van der Waals surface area contributed by atoms with Gasteiger partial charge < -0.3 is 15.6 Å². The summed E-state index contributed by atoms with van der Waals surface area (Å²) in [7, 11) is 0. The first-order chi connectivity index (χ1) is 12.7. The van der Waals surface area contributed by atoms with Crippen molar-refractivity contribution >= 4 is 11.6 Å². The van der Waals surface area contributed by atoms with Gasteiger partial charge in [-0.15, -0.1) is 0 Å². The molecule has 0 aliphatic rings. The first-order valence-electron chi connectivity index (χ1n) is 7.57. The van der Waals surface area contributed by atoms with Crippen LogP contribution in [0.25, 0.3) is 11.4 Å². The van der Waals surface area contributed by atoms with Gasteiger partial charge in [0.05, 0.1) is 17.7 Å². The second-order valence-corrected chi connectivity index (χ2v) is 5.50. The predicted octanol–water partition coefficient (Wildman–Crippen LogP) is 3.61. The Morgan fingerprint density at radius 3 is 2.67 bits per heavy atom. The summed E-state index contributed by atoms with van der Waals surface area (Å²) in [4.78, 5) is 15.2. The Kier molecular flexibility index (Phi) is 4.80. The smallest absolute Gasteiger partial charge is 0.376 e.